The molecular formula is C16H16N2O. The van der Waals surface area contributed by atoms with Crippen LogP contribution in [0.3, 0.4) is 0 Å². The normalized spacial score (nSPS) is 10.6. The van der Waals surface area contributed by atoms with Crippen LogP contribution in [0.5, 0.6) is 0 Å². The van der Waals surface area contributed by atoms with Crippen molar-refractivity contribution in [2.45, 2.75) is 13.5 Å². The number of carbonyl (C=O) groups excluding carboxylic acids is 1. The molecule has 1 N–H and O–H groups in total. The van der Waals surface area contributed by atoms with Crippen LogP contribution in [0.15, 0.2) is 54.9 Å². The van der Waals surface area contributed by atoms with Crippen LogP contribution in [0.1, 0.15) is 16.7 Å². The van der Waals surface area contributed by atoms with E-state index < -0.39 is 0 Å². The Morgan fingerprint density at radius 1 is 1.16 bits per heavy atom. The standard InChI is InChI=1S/C16H16N2O/c1-13-2-4-14(5-3-13)6-7-16(19)18-12-15-8-10-17-11-9-15/h2-11H,12H2,1H3,(H,18,19)/b7-6+. The summed E-state index contributed by atoms with van der Waals surface area (Å²) >= 11 is 0. The van der Waals surface area contributed by atoms with Gasteiger partial charge in [-0.15, -0.1) is 0 Å². The minimum Gasteiger partial charge on any atom is -0.348 e. The highest BCUT2D eigenvalue weighted by Crippen LogP contribution is 2.04. The molecule has 0 aliphatic heterocycles. The van der Waals surface area contributed by atoms with Crippen molar-refractivity contribution in [3.63, 3.8) is 0 Å². The molecule has 3 nitrogen and oxygen atoms in total. The van der Waals surface area contributed by atoms with Crippen molar-refractivity contribution in [2.75, 3.05) is 0 Å². The average molecular weight is 252 g/mol. The quantitative estimate of drug-likeness (QED) is 0.850. The third kappa shape index (κ3) is 4.39. The third-order valence-electron chi connectivity index (χ3n) is 2.72. The van der Waals surface area contributed by atoms with E-state index >= 15 is 0 Å². The van der Waals surface area contributed by atoms with Crippen LogP contribution in [-0.4, -0.2) is 10.9 Å². The van der Waals surface area contributed by atoms with Crippen LogP contribution in [0, 0.1) is 6.92 Å². The first-order valence-electron chi connectivity index (χ1n) is 6.15. The van der Waals surface area contributed by atoms with Crippen molar-refractivity contribution >= 4 is 12.0 Å². The average Bonchev–Trinajstić information content (AvgIpc) is 2.45. The van der Waals surface area contributed by atoms with Crippen molar-refractivity contribution in [1.29, 1.82) is 0 Å². The van der Waals surface area contributed by atoms with Crippen LogP contribution in [0.4, 0.5) is 0 Å². The molecule has 2 rings (SSSR count). The van der Waals surface area contributed by atoms with Gasteiger partial charge < -0.3 is 5.32 Å². The lowest BCUT2D eigenvalue weighted by atomic mass is 10.1. The molecule has 0 atom stereocenters. The molecule has 0 aliphatic carbocycles. The summed E-state index contributed by atoms with van der Waals surface area (Å²) in [6, 6.07) is 11.8. The Kier molecular flexibility index (Phi) is 4.45. The number of aryl methyl sites for hydroxylation is 1. The SMILES string of the molecule is Cc1ccc(/C=C/C(=O)NCc2ccncc2)cc1. The number of benzene rings is 1. The molecule has 3 heteroatoms. The van der Waals surface area contributed by atoms with E-state index in [-0.39, 0.29) is 5.91 Å². The third-order valence-corrected chi connectivity index (χ3v) is 2.72. The highest BCUT2D eigenvalue weighted by molar-refractivity contribution is 5.91. The largest absolute Gasteiger partial charge is 0.348 e. The van der Waals surface area contributed by atoms with Gasteiger partial charge in [-0.05, 0) is 36.3 Å². The van der Waals surface area contributed by atoms with Gasteiger partial charge in [0.05, 0.1) is 0 Å². The Labute approximate surface area is 113 Å². The first kappa shape index (κ1) is 13.0. The summed E-state index contributed by atoms with van der Waals surface area (Å²) in [5.41, 5.74) is 3.26. The zero-order valence-corrected chi connectivity index (χ0v) is 10.8. The number of amides is 1. The molecule has 1 heterocycles. The molecule has 0 fully saturated rings. The van der Waals surface area contributed by atoms with Gasteiger partial charge in [0.1, 0.15) is 0 Å². The fraction of sp³-hybridized carbons (Fsp3) is 0.125. The molecule has 0 aliphatic rings. The number of pyridine rings is 1. The fourth-order valence-corrected chi connectivity index (χ4v) is 1.60. The molecule has 1 aromatic heterocycles. The summed E-state index contributed by atoms with van der Waals surface area (Å²) in [6.07, 6.45) is 6.78. The van der Waals surface area contributed by atoms with E-state index in [2.05, 4.69) is 10.3 Å². The van der Waals surface area contributed by atoms with E-state index in [1.54, 1.807) is 24.5 Å². The van der Waals surface area contributed by atoms with Crippen LogP contribution >= 0.6 is 0 Å². The Morgan fingerprint density at radius 2 is 1.84 bits per heavy atom. The number of nitrogens with one attached hydrogen (secondary N) is 1. The summed E-state index contributed by atoms with van der Waals surface area (Å²) in [5.74, 6) is -0.0996. The summed E-state index contributed by atoms with van der Waals surface area (Å²) in [4.78, 5) is 15.6. The van der Waals surface area contributed by atoms with Gasteiger partial charge in [-0.2, -0.15) is 0 Å². The fourth-order valence-electron chi connectivity index (χ4n) is 1.60. The number of rotatable bonds is 4. The van der Waals surface area contributed by atoms with Crippen LogP contribution in [0.2, 0.25) is 0 Å². The van der Waals surface area contributed by atoms with Gasteiger partial charge in [0.25, 0.3) is 0 Å². The highest BCUT2D eigenvalue weighted by atomic mass is 16.1. The minimum atomic E-state index is -0.0996. The lowest BCUT2D eigenvalue weighted by Crippen LogP contribution is -2.20. The van der Waals surface area contributed by atoms with E-state index in [4.69, 9.17) is 0 Å². The smallest absolute Gasteiger partial charge is 0.244 e. The van der Waals surface area contributed by atoms with Crippen molar-refractivity contribution in [3.05, 3.63) is 71.6 Å². The van der Waals surface area contributed by atoms with E-state index in [0.717, 1.165) is 11.1 Å². The summed E-state index contributed by atoms with van der Waals surface area (Å²) < 4.78 is 0. The maximum atomic E-state index is 11.6. The van der Waals surface area contributed by atoms with Crippen molar-refractivity contribution < 1.29 is 4.79 Å². The van der Waals surface area contributed by atoms with E-state index in [1.807, 2.05) is 43.3 Å². The Hall–Kier alpha value is -2.42. The minimum absolute atomic E-state index is 0.0996. The number of hydrogen-bond donors (Lipinski definition) is 1. The van der Waals surface area contributed by atoms with Crippen molar-refractivity contribution in [3.8, 4) is 0 Å². The first-order valence-corrected chi connectivity index (χ1v) is 6.15. The number of nitrogens with zero attached hydrogens (tertiary/aromatic N) is 1. The number of aromatic nitrogens is 1. The molecule has 96 valence electrons. The monoisotopic (exact) mass is 252 g/mol. The second-order valence-electron chi connectivity index (χ2n) is 4.32. The first-order chi connectivity index (χ1) is 9.24. The molecule has 0 saturated heterocycles. The van der Waals surface area contributed by atoms with Gasteiger partial charge in [0.15, 0.2) is 0 Å². The Bertz CT molecular complexity index is 559. The maximum Gasteiger partial charge on any atom is 0.244 e. The molecule has 0 spiro atoms. The zero-order valence-electron chi connectivity index (χ0n) is 10.8. The molecule has 2 aromatic rings. The maximum absolute atomic E-state index is 11.6. The summed E-state index contributed by atoms with van der Waals surface area (Å²) in [7, 11) is 0. The van der Waals surface area contributed by atoms with Gasteiger partial charge in [0.2, 0.25) is 5.91 Å². The molecule has 19 heavy (non-hydrogen) atoms. The molecule has 0 saturated carbocycles. The Morgan fingerprint density at radius 3 is 2.53 bits per heavy atom. The highest BCUT2D eigenvalue weighted by Gasteiger charge is 1.96. The van der Waals surface area contributed by atoms with E-state index in [0.29, 0.717) is 6.54 Å². The van der Waals surface area contributed by atoms with E-state index in [1.165, 1.54) is 5.56 Å². The van der Waals surface area contributed by atoms with Crippen LogP contribution < -0.4 is 5.32 Å². The van der Waals surface area contributed by atoms with Crippen molar-refractivity contribution in [1.82, 2.24) is 10.3 Å². The summed E-state index contributed by atoms with van der Waals surface area (Å²) in [6.45, 7) is 2.55. The van der Waals surface area contributed by atoms with Crippen molar-refractivity contribution in [2.24, 2.45) is 0 Å². The molecule has 1 aromatic carbocycles. The van der Waals surface area contributed by atoms with Gasteiger partial charge in [-0.1, -0.05) is 29.8 Å². The Balaban J connectivity index is 1.86. The van der Waals surface area contributed by atoms with Crippen LogP contribution in [0.25, 0.3) is 6.08 Å². The zero-order chi connectivity index (χ0) is 13.5. The van der Waals surface area contributed by atoms with Gasteiger partial charge in [0, 0.05) is 25.0 Å². The predicted octanol–water partition coefficient (Wildman–Crippen LogP) is 2.72. The lowest BCUT2D eigenvalue weighted by Gasteiger charge is -2.01. The predicted molar refractivity (Wildman–Crippen MR) is 76.3 cm³/mol. The molecule has 0 radical (unpaired) electrons. The molecule has 0 bridgehead atoms. The summed E-state index contributed by atoms with van der Waals surface area (Å²) in [5, 5.41) is 2.83. The lowest BCUT2D eigenvalue weighted by molar-refractivity contribution is -0.116. The van der Waals surface area contributed by atoms with Crippen LogP contribution in [-0.2, 0) is 11.3 Å². The van der Waals surface area contributed by atoms with Gasteiger partial charge in [-0.3, -0.25) is 9.78 Å². The number of hydrogen-bond acceptors (Lipinski definition) is 2. The van der Waals surface area contributed by atoms with Gasteiger partial charge in [-0.25, -0.2) is 0 Å². The van der Waals surface area contributed by atoms with E-state index in [9.17, 15) is 4.79 Å². The molecule has 0 unspecified atom stereocenters. The number of carbonyl (C=O) groups is 1. The second-order valence-corrected chi connectivity index (χ2v) is 4.32. The molecule has 1 amide bonds. The topological polar surface area (TPSA) is 42.0 Å². The second kappa shape index (κ2) is 6.50. The van der Waals surface area contributed by atoms with Gasteiger partial charge >= 0.3 is 0 Å². The molecular weight excluding hydrogens is 236 g/mol.